The second-order valence-corrected chi connectivity index (χ2v) is 5.89. The molecule has 0 amide bonds. The molecule has 2 N–H and O–H groups in total. The van der Waals surface area contributed by atoms with Gasteiger partial charge in [-0.1, -0.05) is 29.3 Å². The first-order chi connectivity index (χ1) is 10.1. The van der Waals surface area contributed by atoms with Gasteiger partial charge < -0.3 is 10.4 Å². The minimum Gasteiger partial charge on any atom is -0.387 e. The number of halogens is 2. The Kier molecular flexibility index (Phi) is 6.06. The van der Waals surface area contributed by atoms with Crippen molar-refractivity contribution in [1.82, 2.24) is 15.1 Å². The average molecular weight is 328 g/mol. The van der Waals surface area contributed by atoms with Gasteiger partial charge in [0, 0.05) is 47.1 Å². The van der Waals surface area contributed by atoms with Crippen molar-refractivity contribution >= 4 is 23.2 Å². The van der Waals surface area contributed by atoms with E-state index in [1.54, 1.807) is 24.4 Å². The lowest BCUT2D eigenvalue weighted by Gasteiger charge is -2.18. The van der Waals surface area contributed by atoms with E-state index < -0.39 is 6.10 Å². The molecule has 0 saturated heterocycles. The molecule has 0 fully saturated rings. The smallest absolute Gasteiger partial charge is 0.0928 e. The minimum atomic E-state index is -0.651. The number of aliphatic hydroxyl groups is 1. The maximum absolute atomic E-state index is 10.2. The predicted molar refractivity (Wildman–Crippen MR) is 85.7 cm³/mol. The number of hydrogen-bond acceptors (Lipinski definition) is 3. The highest BCUT2D eigenvalue weighted by molar-refractivity contribution is 6.35. The Morgan fingerprint density at radius 3 is 2.86 bits per heavy atom. The molecule has 0 saturated carbocycles. The van der Waals surface area contributed by atoms with Crippen LogP contribution in [-0.4, -0.2) is 27.5 Å². The third-order valence-electron chi connectivity index (χ3n) is 3.33. The number of aliphatic hydroxyl groups excluding tert-OH is 1. The van der Waals surface area contributed by atoms with Gasteiger partial charge in [-0.25, -0.2) is 0 Å². The lowest BCUT2D eigenvalue weighted by molar-refractivity contribution is 0.169. The van der Waals surface area contributed by atoms with E-state index in [2.05, 4.69) is 17.3 Å². The molecule has 0 bridgehead atoms. The number of benzene rings is 1. The lowest BCUT2D eigenvalue weighted by Crippen LogP contribution is -2.31. The maximum Gasteiger partial charge on any atom is 0.0928 e. The number of aryl methyl sites for hydroxylation is 1. The molecule has 2 atom stereocenters. The molecule has 0 aliphatic rings. The fraction of sp³-hybridized carbons (Fsp3) is 0.400. The van der Waals surface area contributed by atoms with E-state index in [4.69, 9.17) is 23.2 Å². The summed E-state index contributed by atoms with van der Waals surface area (Å²) in [5.41, 5.74) is 0.688. The predicted octanol–water partition coefficient (Wildman–Crippen LogP) is 3.29. The molecule has 0 aliphatic carbocycles. The Morgan fingerprint density at radius 1 is 1.38 bits per heavy atom. The van der Waals surface area contributed by atoms with Crippen LogP contribution in [-0.2, 0) is 6.54 Å². The molecule has 21 heavy (non-hydrogen) atoms. The van der Waals surface area contributed by atoms with Gasteiger partial charge in [0.15, 0.2) is 0 Å². The third-order valence-corrected chi connectivity index (χ3v) is 3.89. The van der Waals surface area contributed by atoms with Crippen LogP contribution < -0.4 is 5.32 Å². The summed E-state index contributed by atoms with van der Waals surface area (Å²) in [6, 6.07) is 7.31. The van der Waals surface area contributed by atoms with E-state index in [1.807, 2.05) is 16.9 Å². The zero-order valence-corrected chi connectivity index (χ0v) is 13.3. The monoisotopic (exact) mass is 327 g/mol. The zero-order chi connectivity index (χ0) is 15.2. The maximum atomic E-state index is 10.2. The van der Waals surface area contributed by atoms with Gasteiger partial charge in [0.2, 0.25) is 0 Å². The van der Waals surface area contributed by atoms with Gasteiger partial charge in [0.1, 0.15) is 0 Å². The Labute approximate surface area is 134 Å². The van der Waals surface area contributed by atoms with Crippen molar-refractivity contribution in [3.05, 3.63) is 52.3 Å². The van der Waals surface area contributed by atoms with Crippen LogP contribution in [0.15, 0.2) is 36.7 Å². The van der Waals surface area contributed by atoms with Crippen LogP contribution in [0.5, 0.6) is 0 Å². The van der Waals surface area contributed by atoms with Gasteiger partial charge in [-0.3, -0.25) is 4.68 Å². The quantitative estimate of drug-likeness (QED) is 0.820. The number of aromatic nitrogens is 2. The molecule has 2 rings (SSSR count). The Hall–Kier alpha value is -1.07. The Morgan fingerprint density at radius 2 is 2.19 bits per heavy atom. The molecule has 1 aromatic heterocycles. The van der Waals surface area contributed by atoms with Gasteiger partial charge in [0.05, 0.1) is 6.10 Å². The summed E-state index contributed by atoms with van der Waals surface area (Å²) in [5.74, 6) is 0. The van der Waals surface area contributed by atoms with Gasteiger partial charge in [-0.15, -0.1) is 0 Å². The van der Waals surface area contributed by atoms with Gasteiger partial charge in [-0.2, -0.15) is 5.10 Å². The summed E-state index contributed by atoms with van der Waals surface area (Å²) in [6.45, 7) is 3.38. The molecule has 2 unspecified atom stereocenters. The molecule has 1 heterocycles. The number of nitrogens with one attached hydrogen (secondary N) is 1. The summed E-state index contributed by atoms with van der Waals surface area (Å²) in [7, 11) is 0. The fourth-order valence-electron chi connectivity index (χ4n) is 2.06. The molecule has 0 spiro atoms. The van der Waals surface area contributed by atoms with Crippen LogP contribution >= 0.6 is 23.2 Å². The van der Waals surface area contributed by atoms with Crippen LogP contribution in [0, 0.1) is 0 Å². The van der Waals surface area contributed by atoms with E-state index >= 15 is 0 Å². The molecule has 6 heteroatoms. The highest BCUT2D eigenvalue weighted by Crippen LogP contribution is 2.25. The van der Waals surface area contributed by atoms with Crippen LogP contribution in [0.1, 0.15) is 25.0 Å². The summed E-state index contributed by atoms with van der Waals surface area (Å²) >= 11 is 11.9. The summed E-state index contributed by atoms with van der Waals surface area (Å²) in [6.07, 6.45) is 3.99. The van der Waals surface area contributed by atoms with Crippen molar-refractivity contribution in [1.29, 1.82) is 0 Å². The number of nitrogens with zero attached hydrogens (tertiary/aromatic N) is 2. The zero-order valence-electron chi connectivity index (χ0n) is 11.8. The largest absolute Gasteiger partial charge is 0.387 e. The van der Waals surface area contributed by atoms with Crippen molar-refractivity contribution in [3.63, 3.8) is 0 Å². The minimum absolute atomic E-state index is 0.273. The third kappa shape index (κ3) is 5.00. The van der Waals surface area contributed by atoms with Gasteiger partial charge in [0.25, 0.3) is 0 Å². The van der Waals surface area contributed by atoms with Crippen molar-refractivity contribution in [3.8, 4) is 0 Å². The highest BCUT2D eigenvalue weighted by Gasteiger charge is 2.13. The van der Waals surface area contributed by atoms with E-state index in [-0.39, 0.29) is 6.04 Å². The first-order valence-corrected chi connectivity index (χ1v) is 7.65. The highest BCUT2D eigenvalue weighted by atomic mass is 35.5. The fourth-order valence-corrected chi connectivity index (χ4v) is 2.59. The van der Waals surface area contributed by atoms with Crippen LogP contribution in [0.2, 0.25) is 10.0 Å². The standard InChI is InChI=1S/C15H19Cl2N3O/c1-11(5-8-20-7-2-6-19-20)18-10-15(21)13-4-3-12(16)9-14(13)17/h2-4,6-7,9,11,15,18,21H,5,8,10H2,1H3. The second-order valence-electron chi connectivity index (χ2n) is 5.05. The average Bonchev–Trinajstić information content (AvgIpc) is 2.95. The van der Waals surface area contributed by atoms with Crippen LogP contribution in [0.25, 0.3) is 0 Å². The molecule has 0 radical (unpaired) electrons. The summed E-state index contributed by atoms with van der Waals surface area (Å²) < 4.78 is 1.89. The van der Waals surface area contributed by atoms with Crippen molar-refractivity contribution < 1.29 is 5.11 Å². The van der Waals surface area contributed by atoms with Gasteiger partial charge in [-0.05, 0) is 31.5 Å². The van der Waals surface area contributed by atoms with Crippen LogP contribution in [0.3, 0.4) is 0 Å². The molecular formula is C15H19Cl2N3O. The van der Waals surface area contributed by atoms with Crippen molar-refractivity contribution in [2.75, 3.05) is 6.54 Å². The molecule has 2 aromatic rings. The van der Waals surface area contributed by atoms with E-state index in [9.17, 15) is 5.11 Å². The van der Waals surface area contributed by atoms with E-state index in [0.29, 0.717) is 22.2 Å². The molecule has 0 aliphatic heterocycles. The van der Waals surface area contributed by atoms with Crippen LogP contribution in [0.4, 0.5) is 0 Å². The molecular weight excluding hydrogens is 309 g/mol. The lowest BCUT2D eigenvalue weighted by atomic mass is 10.1. The van der Waals surface area contributed by atoms with Crippen molar-refractivity contribution in [2.45, 2.75) is 32.0 Å². The normalized spacial score (nSPS) is 14.1. The Balaban J connectivity index is 1.78. The first kappa shape index (κ1) is 16.3. The van der Waals surface area contributed by atoms with Gasteiger partial charge >= 0.3 is 0 Å². The van der Waals surface area contributed by atoms with E-state index in [0.717, 1.165) is 13.0 Å². The van der Waals surface area contributed by atoms with Crippen molar-refractivity contribution in [2.24, 2.45) is 0 Å². The topological polar surface area (TPSA) is 50.1 Å². The molecule has 114 valence electrons. The molecule has 1 aromatic carbocycles. The SMILES string of the molecule is CC(CCn1cccn1)NCC(O)c1ccc(Cl)cc1Cl. The summed E-state index contributed by atoms with van der Waals surface area (Å²) in [5, 5.41) is 18.7. The first-order valence-electron chi connectivity index (χ1n) is 6.90. The number of hydrogen-bond donors (Lipinski definition) is 2. The second kappa shape index (κ2) is 7.80. The van der Waals surface area contributed by atoms with E-state index in [1.165, 1.54) is 0 Å². The summed E-state index contributed by atoms with van der Waals surface area (Å²) in [4.78, 5) is 0. The molecule has 4 nitrogen and oxygen atoms in total. The Bertz CT molecular complexity index is 560. The number of rotatable bonds is 7.